The minimum absolute atomic E-state index is 0.0679. The summed E-state index contributed by atoms with van der Waals surface area (Å²) in [5, 5.41) is 5.13. The highest BCUT2D eigenvalue weighted by atomic mass is 32.1. The Hall–Kier alpha value is -2.54. The molecule has 4 aromatic rings. The fraction of sp³-hybridized carbons (Fsp3) is 0.280. The number of nitrogens with zero attached hydrogens (tertiary/aromatic N) is 2. The number of rotatable bonds is 4. The van der Waals surface area contributed by atoms with E-state index in [0.717, 1.165) is 46.2 Å². The van der Waals surface area contributed by atoms with Gasteiger partial charge < -0.3 is 5.32 Å². The number of amides is 1. The van der Waals surface area contributed by atoms with Gasteiger partial charge in [-0.05, 0) is 57.0 Å². The van der Waals surface area contributed by atoms with Gasteiger partial charge in [-0.1, -0.05) is 29.8 Å². The van der Waals surface area contributed by atoms with E-state index < -0.39 is 0 Å². The maximum atomic E-state index is 13.0. The fourth-order valence-corrected chi connectivity index (χ4v) is 6.42. The highest BCUT2D eigenvalue weighted by molar-refractivity contribution is 7.23. The molecule has 4 nitrogen and oxygen atoms in total. The third kappa shape index (κ3) is 3.91. The minimum Gasteiger partial charge on any atom is -0.313 e. The lowest BCUT2D eigenvalue weighted by Crippen LogP contribution is -2.35. The number of para-hydroxylation sites is 1. The van der Waals surface area contributed by atoms with Crippen molar-refractivity contribution in [3.8, 4) is 10.6 Å². The van der Waals surface area contributed by atoms with Crippen LogP contribution in [0.4, 0.5) is 5.00 Å². The molecule has 0 saturated carbocycles. The molecule has 0 fully saturated rings. The second-order valence-corrected chi connectivity index (χ2v) is 10.5. The van der Waals surface area contributed by atoms with Crippen LogP contribution in [0.3, 0.4) is 0 Å². The summed E-state index contributed by atoms with van der Waals surface area (Å²) in [7, 11) is 0. The van der Waals surface area contributed by atoms with Gasteiger partial charge >= 0.3 is 0 Å². The summed E-state index contributed by atoms with van der Waals surface area (Å²) in [4.78, 5) is 21.8. The van der Waals surface area contributed by atoms with E-state index in [1.165, 1.54) is 15.1 Å². The summed E-state index contributed by atoms with van der Waals surface area (Å²) in [5.74, 6) is -0.0679. The molecule has 2 aromatic heterocycles. The van der Waals surface area contributed by atoms with E-state index >= 15 is 0 Å². The molecule has 1 N–H and O–H groups in total. The van der Waals surface area contributed by atoms with Crippen molar-refractivity contribution in [1.29, 1.82) is 0 Å². The number of fused-ring (bicyclic) bond motifs is 2. The Bertz CT molecular complexity index is 1220. The Balaban J connectivity index is 1.58. The number of anilines is 1. The van der Waals surface area contributed by atoms with Gasteiger partial charge in [-0.15, -0.1) is 22.7 Å². The molecule has 1 aliphatic heterocycles. The van der Waals surface area contributed by atoms with E-state index in [1.54, 1.807) is 22.7 Å². The van der Waals surface area contributed by atoms with Crippen molar-refractivity contribution >= 4 is 43.8 Å². The van der Waals surface area contributed by atoms with Crippen LogP contribution in [0, 0.1) is 6.92 Å². The van der Waals surface area contributed by atoms with Crippen molar-refractivity contribution < 1.29 is 4.79 Å². The first-order valence-electron chi connectivity index (χ1n) is 10.6. The van der Waals surface area contributed by atoms with Crippen LogP contribution in [0.15, 0.2) is 48.5 Å². The second kappa shape index (κ2) is 8.19. The lowest BCUT2D eigenvalue weighted by molar-refractivity contribution is 0.102. The van der Waals surface area contributed by atoms with Gasteiger partial charge in [-0.25, -0.2) is 4.98 Å². The van der Waals surface area contributed by atoms with Crippen molar-refractivity contribution in [2.45, 2.75) is 39.8 Å². The zero-order valence-electron chi connectivity index (χ0n) is 17.9. The first-order chi connectivity index (χ1) is 15.0. The monoisotopic (exact) mass is 447 g/mol. The summed E-state index contributed by atoms with van der Waals surface area (Å²) >= 11 is 3.41. The molecule has 5 rings (SSSR count). The summed E-state index contributed by atoms with van der Waals surface area (Å²) in [6, 6.07) is 16.5. The van der Waals surface area contributed by atoms with E-state index in [0.29, 0.717) is 11.6 Å². The minimum atomic E-state index is -0.0679. The van der Waals surface area contributed by atoms with Gasteiger partial charge in [-0.3, -0.25) is 9.69 Å². The van der Waals surface area contributed by atoms with Gasteiger partial charge in [0.2, 0.25) is 0 Å². The van der Waals surface area contributed by atoms with Crippen LogP contribution in [0.5, 0.6) is 0 Å². The average molecular weight is 448 g/mol. The number of nitrogens with one attached hydrogen (secondary N) is 1. The molecule has 0 aliphatic carbocycles. The standard InChI is InChI=1S/C25H25N3OS2/c1-15(2)28-13-12-18-21(14-28)31-25(27-23(29)17-10-8-16(3)9-11-17)22(18)24-26-19-6-4-5-7-20(19)30-24/h4-11,15H,12-14H2,1-3H3,(H,27,29). The number of carbonyl (C=O) groups is 1. The summed E-state index contributed by atoms with van der Waals surface area (Å²) in [5.41, 5.74) is 5.30. The Kier molecular flexibility index (Phi) is 5.38. The number of aromatic nitrogens is 1. The van der Waals surface area contributed by atoms with Gasteiger partial charge in [0.1, 0.15) is 10.0 Å². The number of thiazole rings is 1. The van der Waals surface area contributed by atoms with E-state index in [9.17, 15) is 4.79 Å². The predicted octanol–water partition coefficient (Wildman–Crippen LogP) is 6.35. The first kappa shape index (κ1) is 20.4. The molecule has 0 saturated heterocycles. The van der Waals surface area contributed by atoms with Crippen LogP contribution >= 0.6 is 22.7 Å². The van der Waals surface area contributed by atoms with E-state index in [2.05, 4.69) is 36.2 Å². The second-order valence-electron chi connectivity index (χ2n) is 8.33. The van der Waals surface area contributed by atoms with Crippen LogP contribution in [0.1, 0.15) is 40.2 Å². The lowest BCUT2D eigenvalue weighted by Gasteiger charge is -2.30. The molecular weight excluding hydrogens is 422 g/mol. The number of carbonyl (C=O) groups excluding carboxylic acids is 1. The maximum absolute atomic E-state index is 13.0. The van der Waals surface area contributed by atoms with Crippen molar-refractivity contribution in [2.24, 2.45) is 0 Å². The molecule has 6 heteroatoms. The van der Waals surface area contributed by atoms with Crippen LogP contribution < -0.4 is 5.32 Å². The summed E-state index contributed by atoms with van der Waals surface area (Å²) < 4.78 is 1.17. The normalized spacial score (nSPS) is 14.2. The van der Waals surface area contributed by atoms with E-state index in [4.69, 9.17) is 4.98 Å². The highest BCUT2D eigenvalue weighted by Crippen LogP contribution is 2.46. The number of aryl methyl sites for hydroxylation is 1. The quantitative estimate of drug-likeness (QED) is 0.396. The zero-order valence-corrected chi connectivity index (χ0v) is 19.6. The molecule has 31 heavy (non-hydrogen) atoms. The predicted molar refractivity (Wildman–Crippen MR) is 131 cm³/mol. The molecule has 0 atom stereocenters. The molecule has 0 spiro atoms. The fourth-order valence-electron chi connectivity index (χ4n) is 4.04. The smallest absolute Gasteiger partial charge is 0.256 e. The van der Waals surface area contributed by atoms with E-state index in [1.807, 2.05) is 43.3 Å². The van der Waals surface area contributed by atoms with Crippen molar-refractivity contribution in [2.75, 3.05) is 11.9 Å². The van der Waals surface area contributed by atoms with Crippen LogP contribution in [-0.4, -0.2) is 28.4 Å². The maximum Gasteiger partial charge on any atom is 0.256 e. The zero-order chi connectivity index (χ0) is 21.5. The van der Waals surface area contributed by atoms with Gasteiger partial charge in [-0.2, -0.15) is 0 Å². The van der Waals surface area contributed by atoms with Gasteiger partial charge in [0, 0.05) is 35.1 Å². The van der Waals surface area contributed by atoms with Crippen LogP contribution in [-0.2, 0) is 13.0 Å². The van der Waals surface area contributed by atoms with Gasteiger partial charge in [0.25, 0.3) is 5.91 Å². The Morgan fingerprint density at radius 2 is 1.87 bits per heavy atom. The topological polar surface area (TPSA) is 45.2 Å². The van der Waals surface area contributed by atoms with Crippen molar-refractivity contribution in [1.82, 2.24) is 9.88 Å². The lowest BCUT2D eigenvalue weighted by atomic mass is 10.0. The Morgan fingerprint density at radius 3 is 2.61 bits per heavy atom. The average Bonchev–Trinajstić information content (AvgIpc) is 3.33. The molecule has 1 amide bonds. The van der Waals surface area contributed by atoms with Gasteiger partial charge in [0.15, 0.2) is 0 Å². The third-order valence-electron chi connectivity index (χ3n) is 5.87. The number of hydrogen-bond acceptors (Lipinski definition) is 5. The van der Waals surface area contributed by atoms with Crippen molar-refractivity contribution in [3.05, 3.63) is 70.1 Å². The molecule has 0 bridgehead atoms. The number of thiophene rings is 1. The summed E-state index contributed by atoms with van der Waals surface area (Å²) in [6.45, 7) is 8.47. The molecule has 158 valence electrons. The summed E-state index contributed by atoms with van der Waals surface area (Å²) in [6.07, 6.45) is 0.982. The molecule has 0 unspecified atom stereocenters. The van der Waals surface area contributed by atoms with Gasteiger partial charge in [0.05, 0.1) is 10.2 Å². The molecule has 2 aromatic carbocycles. The van der Waals surface area contributed by atoms with Crippen LogP contribution in [0.25, 0.3) is 20.8 Å². The number of benzene rings is 2. The molecule has 3 heterocycles. The highest BCUT2D eigenvalue weighted by Gasteiger charge is 2.28. The van der Waals surface area contributed by atoms with Crippen molar-refractivity contribution in [3.63, 3.8) is 0 Å². The first-order valence-corrected chi connectivity index (χ1v) is 12.3. The van der Waals surface area contributed by atoms with E-state index in [-0.39, 0.29) is 5.91 Å². The SMILES string of the molecule is Cc1ccc(C(=O)Nc2sc3c(c2-c2nc4ccccc4s2)CCN(C(C)C)C3)cc1. The third-order valence-corrected chi connectivity index (χ3v) is 8.05. The molecular formula is C25H25N3OS2. The number of hydrogen-bond donors (Lipinski definition) is 1. The Labute approximate surface area is 190 Å². The largest absolute Gasteiger partial charge is 0.313 e. The van der Waals surface area contributed by atoms with Crippen LogP contribution in [0.2, 0.25) is 0 Å². The Morgan fingerprint density at radius 1 is 1.10 bits per heavy atom. The molecule has 1 aliphatic rings. The molecule has 0 radical (unpaired) electrons.